The Morgan fingerprint density at radius 1 is 1.29 bits per heavy atom. The number of nitrogens with zero attached hydrogens (tertiary/aromatic N) is 2. The summed E-state index contributed by atoms with van der Waals surface area (Å²) < 4.78 is 0. The van der Waals surface area contributed by atoms with Gasteiger partial charge in [0.05, 0.1) is 11.8 Å². The van der Waals surface area contributed by atoms with Crippen LogP contribution in [-0.4, -0.2) is 26.0 Å². The van der Waals surface area contributed by atoms with Crippen LogP contribution in [0.1, 0.15) is 11.3 Å². The average Bonchev–Trinajstić information content (AvgIpc) is 2.82. The average molecular weight is 282 g/mol. The molecule has 3 N–H and O–H groups in total. The predicted octanol–water partition coefficient (Wildman–Crippen LogP) is 2.64. The summed E-state index contributed by atoms with van der Waals surface area (Å²) in [7, 11) is 0. The number of aryl methyl sites for hydroxylation is 1. The minimum Gasteiger partial charge on any atom is -0.481 e. The number of hydrogen-bond acceptors (Lipinski definition) is 4. The third kappa shape index (κ3) is 2.84. The van der Waals surface area contributed by atoms with Crippen molar-refractivity contribution >= 4 is 28.5 Å². The van der Waals surface area contributed by atoms with Gasteiger partial charge in [-0.1, -0.05) is 12.1 Å². The van der Waals surface area contributed by atoms with E-state index in [2.05, 4.69) is 20.3 Å². The zero-order valence-electron chi connectivity index (χ0n) is 11.4. The molecule has 0 bridgehead atoms. The van der Waals surface area contributed by atoms with Gasteiger partial charge in [0.1, 0.15) is 17.8 Å². The van der Waals surface area contributed by atoms with Gasteiger partial charge in [-0.3, -0.25) is 4.79 Å². The van der Waals surface area contributed by atoms with Crippen LogP contribution in [0.5, 0.6) is 0 Å². The van der Waals surface area contributed by atoms with Gasteiger partial charge in [-0.2, -0.15) is 0 Å². The van der Waals surface area contributed by atoms with E-state index in [0.29, 0.717) is 0 Å². The summed E-state index contributed by atoms with van der Waals surface area (Å²) in [4.78, 5) is 22.2. The molecular formula is C15H14N4O2. The summed E-state index contributed by atoms with van der Waals surface area (Å²) in [5.74, 6) is -0.119. The maximum atomic E-state index is 10.7. The molecule has 6 heteroatoms. The number of fused-ring (bicyclic) bond motifs is 1. The standard InChI is InChI=1S/C15H14N4O2/c1-9-6-12-14(18-9)16-8-17-15(12)19-11-4-2-10(3-5-11)7-13(20)21/h2-6,8H,7H2,1H3,(H,20,21)(H2,16,17,18,19). The first-order chi connectivity index (χ1) is 10.1. The minimum absolute atomic E-state index is 0.0229. The van der Waals surface area contributed by atoms with E-state index in [1.54, 1.807) is 12.1 Å². The number of benzene rings is 1. The van der Waals surface area contributed by atoms with E-state index in [1.807, 2.05) is 25.1 Å². The molecule has 0 saturated carbocycles. The summed E-state index contributed by atoms with van der Waals surface area (Å²) in [6.45, 7) is 1.96. The molecule has 0 aliphatic carbocycles. The van der Waals surface area contributed by atoms with Crippen molar-refractivity contribution in [2.75, 3.05) is 5.32 Å². The van der Waals surface area contributed by atoms with E-state index in [-0.39, 0.29) is 6.42 Å². The molecule has 0 aliphatic heterocycles. The van der Waals surface area contributed by atoms with Crippen molar-refractivity contribution in [1.29, 1.82) is 0 Å². The quantitative estimate of drug-likeness (QED) is 0.684. The molecule has 0 amide bonds. The van der Waals surface area contributed by atoms with Gasteiger partial charge in [0.15, 0.2) is 0 Å². The fourth-order valence-electron chi connectivity index (χ4n) is 2.19. The second-order valence-corrected chi connectivity index (χ2v) is 4.83. The number of rotatable bonds is 4. The first-order valence-electron chi connectivity index (χ1n) is 6.50. The molecule has 1 aromatic carbocycles. The highest BCUT2D eigenvalue weighted by Crippen LogP contribution is 2.23. The van der Waals surface area contributed by atoms with Crippen molar-refractivity contribution < 1.29 is 9.90 Å². The maximum Gasteiger partial charge on any atom is 0.307 e. The Hall–Kier alpha value is -2.89. The van der Waals surface area contributed by atoms with Gasteiger partial charge in [0, 0.05) is 11.4 Å². The Kier molecular flexibility index (Phi) is 3.27. The predicted molar refractivity (Wildman–Crippen MR) is 79.7 cm³/mol. The second-order valence-electron chi connectivity index (χ2n) is 4.83. The van der Waals surface area contributed by atoms with Gasteiger partial charge in [0.25, 0.3) is 0 Å². The molecule has 0 spiro atoms. The van der Waals surface area contributed by atoms with Crippen LogP contribution in [0.4, 0.5) is 11.5 Å². The molecule has 2 aromatic heterocycles. The molecule has 0 fully saturated rings. The molecule has 21 heavy (non-hydrogen) atoms. The third-order valence-electron chi connectivity index (χ3n) is 3.13. The van der Waals surface area contributed by atoms with Crippen molar-refractivity contribution in [3.05, 3.63) is 47.9 Å². The topological polar surface area (TPSA) is 90.9 Å². The van der Waals surface area contributed by atoms with Gasteiger partial charge in [-0.15, -0.1) is 0 Å². The molecule has 0 radical (unpaired) electrons. The molecule has 0 saturated heterocycles. The summed E-state index contributed by atoms with van der Waals surface area (Å²) in [6.07, 6.45) is 1.52. The Bertz CT molecular complexity index is 793. The SMILES string of the molecule is Cc1cc2c(Nc3ccc(CC(=O)O)cc3)ncnc2[nH]1. The Balaban J connectivity index is 1.86. The number of aliphatic carboxylic acids is 1. The van der Waals surface area contributed by atoms with Gasteiger partial charge in [0.2, 0.25) is 0 Å². The first kappa shape index (κ1) is 13.1. The highest BCUT2D eigenvalue weighted by Gasteiger charge is 2.07. The number of hydrogen-bond donors (Lipinski definition) is 3. The lowest BCUT2D eigenvalue weighted by molar-refractivity contribution is -0.136. The van der Waals surface area contributed by atoms with Crippen molar-refractivity contribution in [2.45, 2.75) is 13.3 Å². The van der Waals surface area contributed by atoms with E-state index >= 15 is 0 Å². The van der Waals surface area contributed by atoms with Crippen LogP contribution in [0.15, 0.2) is 36.7 Å². The van der Waals surface area contributed by atoms with Gasteiger partial charge >= 0.3 is 5.97 Å². The summed E-state index contributed by atoms with van der Waals surface area (Å²) >= 11 is 0. The first-order valence-corrected chi connectivity index (χ1v) is 6.50. The number of carbonyl (C=O) groups is 1. The van der Waals surface area contributed by atoms with Crippen LogP contribution in [0.25, 0.3) is 11.0 Å². The fourth-order valence-corrected chi connectivity index (χ4v) is 2.19. The smallest absolute Gasteiger partial charge is 0.307 e. The molecule has 106 valence electrons. The van der Waals surface area contributed by atoms with E-state index in [9.17, 15) is 4.79 Å². The van der Waals surface area contributed by atoms with Crippen molar-refractivity contribution in [2.24, 2.45) is 0 Å². The Morgan fingerprint density at radius 3 is 2.76 bits per heavy atom. The lowest BCUT2D eigenvalue weighted by Gasteiger charge is -2.07. The number of anilines is 2. The molecule has 0 atom stereocenters. The summed E-state index contributed by atoms with van der Waals surface area (Å²) in [6, 6.07) is 9.24. The third-order valence-corrected chi connectivity index (χ3v) is 3.13. The summed E-state index contributed by atoms with van der Waals surface area (Å²) in [5, 5.41) is 12.9. The van der Waals surface area contributed by atoms with Crippen LogP contribution >= 0.6 is 0 Å². The van der Waals surface area contributed by atoms with E-state index < -0.39 is 5.97 Å². The van der Waals surface area contributed by atoms with Crippen molar-refractivity contribution in [3.63, 3.8) is 0 Å². The molecule has 0 aliphatic rings. The number of aromatic amines is 1. The zero-order valence-corrected chi connectivity index (χ0v) is 11.4. The van der Waals surface area contributed by atoms with Gasteiger partial charge in [-0.25, -0.2) is 9.97 Å². The molecule has 3 rings (SSSR count). The fraction of sp³-hybridized carbons (Fsp3) is 0.133. The highest BCUT2D eigenvalue weighted by atomic mass is 16.4. The van der Waals surface area contributed by atoms with E-state index in [0.717, 1.165) is 33.8 Å². The maximum absolute atomic E-state index is 10.7. The molecule has 0 unspecified atom stereocenters. The number of H-pyrrole nitrogens is 1. The highest BCUT2D eigenvalue weighted by molar-refractivity contribution is 5.89. The van der Waals surface area contributed by atoms with Crippen molar-refractivity contribution in [3.8, 4) is 0 Å². The van der Waals surface area contributed by atoms with E-state index in [1.165, 1.54) is 6.33 Å². The Morgan fingerprint density at radius 2 is 2.05 bits per heavy atom. The van der Waals surface area contributed by atoms with Gasteiger partial charge < -0.3 is 15.4 Å². The molecule has 6 nitrogen and oxygen atoms in total. The van der Waals surface area contributed by atoms with Crippen LogP contribution in [0.3, 0.4) is 0 Å². The van der Waals surface area contributed by atoms with Crippen LogP contribution in [0, 0.1) is 6.92 Å². The van der Waals surface area contributed by atoms with Crippen LogP contribution < -0.4 is 5.32 Å². The molecule has 3 aromatic rings. The number of aromatic nitrogens is 3. The second kappa shape index (κ2) is 5.24. The lowest BCUT2D eigenvalue weighted by atomic mass is 10.1. The lowest BCUT2D eigenvalue weighted by Crippen LogP contribution is -2.00. The van der Waals surface area contributed by atoms with E-state index in [4.69, 9.17) is 5.11 Å². The number of carboxylic acids is 1. The minimum atomic E-state index is -0.837. The van der Waals surface area contributed by atoms with Gasteiger partial charge in [-0.05, 0) is 30.7 Å². The number of carboxylic acid groups (broad SMARTS) is 1. The number of nitrogens with one attached hydrogen (secondary N) is 2. The van der Waals surface area contributed by atoms with Crippen molar-refractivity contribution in [1.82, 2.24) is 15.0 Å². The zero-order chi connectivity index (χ0) is 14.8. The Labute approximate surface area is 120 Å². The summed E-state index contributed by atoms with van der Waals surface area (Å²) in [5.41, 5.74) is 3.42. The molecular weight excluding hydrogens is 268 g/mol. The van der Waals surface area contributed by atoms with Crippen LogP contribution in [0.2, 0.25) is 0 Å². The van der Waals surface area contributed by atoms with Crippen LogP contribution in [-0.2, 0) is 11.2 Å². The largest absolute Gasteiger partial charge is 0.481 e. The molecule has 2 heterocycles. The normalized spacial score (nSPS) is 10.7. The monoisotopic (exact) mass is 282 g/mol.